The van der Waals surface area contributed by atoms with Crippen molar-refractivity contribution in [2.24, 2.45) is 5.92 Å². The molecule has 2 unspecified atom stereocenters. The maximum absolute atomic E-state index is 5.76. The zero-order chi connectivity index (χ0) is 10.1. The van der Waals surface area contributed by atoms with Gasteiger partial charge in [0.2, 0.25) is 0 Å². The van der Waals surface area contributed by atoms with Crippen LogP contribution in [-0.4, -0.2) is 28.3 Å². The maximum Gasteiger partial charge on any atom is 0.0893 e. The van der Waals surface area contributed by atoms with Gasteiger partial charge in [0.15, 0.2) is 0 Å². The molecule has 0 amide bonds. The van der Waals surface area contributed by atoms with E-state index in [1.54, 1.807) is 0 Å². The van der Waals surface area contributed by atoms with Crippen LogP contribution in [0.2, 0.25) is 0 Å². The highest BCUT2D eigenvalue weighted by atomic mass is 32.1. The van der Waals surface area contributed by atoms with Crippen molar-refractivity contribution in [1.82, 2.24) is 14.9 Å². The summed E-state index contributed by atoms with van der Waals surface area (Å²) in [5, 5.41) is 9.56. The van der Waals surface area contributed by atoms with Crippen molar-refractivity contribution < 1.29 is 4.74 Å². The summed E-state index contributed by atoms with van der Waals surface area (Å²) >= 11 is 1.41. The van der Waals surface area contributed by atoms with Crippen LogP contribution in [0.5, 0.6) is 0 Å². The van der Waals surface area contributed by atoms with Gasteiger partial charge < -0.3 is 10.1 Å². The summed E-state index contributed by atoms with van der Waals surface area (Å²) in [5.74, 6) is 0.818. The minimum atomic E-state index is 0.455. The molecule has 1 aliphatic heterocycles. The Labute approximate surface area is 93.2 Å². The molecule has 1 aromatic rings. The van der Waals surface area contributed by atoms with Gasteiger partial charge in [0.1, 0.15) is 0 Å². The fourth-order valence-corrected chi connectivity index (χ4v) is 2.67. The van der Waals surface area contributed by atoms with E-state index in [4.69, 9.17) is 4.74 Å². The Bertz CT molecular complexity index is 312. The molecule has 15 heavy (non-hydrogen) atoms. The van der Waals surface area contributed by atoms with E-state index in [1.807, 2.05) is 5.38 Å². The molecule has 2 heterocycles. The zero-order valence-corrected chi connectivity index (χ0v) is 9.37. The number of rotatable bonds is 4. The molecule has 1 aromatic heterocycles. The van der Waals surface area contributed by atoms with E-state index in [-0.39, 0.29) is 0 Å². The molecule has 0 bridgehead atoms. The number of hydrogen-bond donors (Lipinski definition) is 1. The average Bonchev–Trinajstić information content (AvgIpc) is 2.81. The van der Waals surface area contributed by atoms with Crippen LogP contribution in [0.3, 0.4) is 0 Å². The van der Waals surface area contributed by atoms with Crippen LogP contribution in [0.4, 0.5) is 0 Å². The number of nitrogens with zero attached hydrogens (tertiary/aromatic N) is 2. The molecular weight excluding hydrogens is 210 g/mol. The van der Waals surface area contributed by atoms with Gasteiger partial charge in [-0.3, -0.25) is 0 Å². The summed E-state index contributed by atoms with van der Waals surface area (Å²) < 4.78 is 9.62. The lowest BCUT2D eigenvalue weighted by Crippen LogP contribution is -2.37. The van der Waals surface area contributed by atoms with Crippen molar-refractivity contribution in [3.05, 3.63) is 11.1 Å². The van der Waals surface area contributed by atoms with Gasteiger partial charge in [0, 0.05) is 24.6 Å². The first-order valence-corrected chi connectivity index (χ1v) is 6.38. The molecule has 0 aromatic carbocycles. The van der Waals surface area contributed by atoms with Gasteiger partial charge in [-0.2, -0.15) is 0 Å². The van der Waals surface area contributed by atoms with E-state index in [9.17, 15) is 0 Å². The van der Waals surface area contributed by atoms with Crippen LogP contribution in [0.25, 0.3) is 0 Å². The molecular formula is C10H15N3OS. The summed E-state index contributed by atoms with van der Waals surface area (Å²) in [4.78, 5) is 0. The van der Waals surface area contributed by atoms with Crippen LogP contribution in [-0.2, 0) is 11.3 Å². The average molecular weight is 225 g/mol. The maximum atomic E-state index is 5.76. The third-order valence-electron chi connectivity index (χ3n) is 3.17. The van der Waals surface area contributed by atoms with E-state index in [2.05, 4.69) is 14.9 Å². The summed E-state index contributed by atoms with van der Waals surface area (Å²) in [6.45, 7) is 1.74. The third kappa shape index (κ3) is 2.19. The highest BCUT2D eigenvalue weighted by Gasteiger charge is 2.40. The Morgan fingerprint density at radius 3 is 3.13 bits per heavy atom. The summed E-state index contributed by atoms with van der Waals surface area (Å²) in [5.41, 5.74) is 1.04. The van der Waals surface area contributed by atoms with E-state index in [1.165, 1.54) is 24.4 Å². The Kier molecular flexibility index (Phi) is 2.68. The normalized spacial score (nSPS) is 30.9. The minimum absolute atomic E-state index is 0.455. The Hall–Kier alpha value is -0.520. The van der Waals surface area contributed by atoms with Crippen molar-refractivity contribution in [2.75, 3.05) is 6.61 Å². The number of ether oxygens (including phenoxy) is 1. The third-order valence-corrected chi connectivity index (χ3v) is 3.73. The van der Waals surface area contributed by atoms with Crippen molar-refractivity contribution in [3.8, 4) is 0 Å². The monoisotopic (exact) mass is 225 g/mol. The van der Waals surface area contributed by atoms with Crippen LogP contribution in [0, 0.1) is 5.92 Å². The molecule has 5 heteroatoms. The second kappa shape index (κ2) is 4.15. The minimum Gasteiger partial charge on any atom is -0.376 e. The van der Waals surface area contributed by atoms with Crippen LogP contribution in [0.15, 0.2) is 5.38 Å². The zero-order valence-electron chi connectivity index (χ0n) is 8.56. The van der Waals surface area contributed by atoms with Crippen molar-refractivity contribution in [1.29, 1.82) is 0 Å². The summed E-state index contributed by atoms with van der Waals surface area (Å²) in [7, 11) is 0. The molecule has 2 aliphatic rings. The van der Waals surface area contributed by atoms with Gasteiger partial charge in [-0.05, 0) is 36.7 Å². The fraction of sp³-hybridized carbons (Fsp3) is 0.800. The van der Waals surface area contributed by atoms with E-state index in [0.29, 0.717) is 12.1 Å². The summed E-state index contributed by atoms with van der Waals surface area (Å²) in [6.07, 6.45) is 4.29. The summed E-state index contributed by atoms with van der Waals surface area (Å²) in [6, 6.07) is 0.527. The van der Waals surface area contributed by atoms with Crippen LogP contribution < -0.4 is 5.32 Å². The quantitative estimate of drug-likeness (QED) is 0.836. The van der Waals surface area contributed by atoms with Crippen molar-refractivity contribution in [3.63, 3.8) is 0 Å². The van der Waals surface area contributed by atoms with Gasteiger partial charge in [-0.25, -0.2) is 0 Å². The lowest BCUT2D eigenvalue weighted by molar-refractivity contribution is 0.0808. The van der Waals surface area contributed by atoms with Gasteiger partial charge in [0.25, 0.3) is 0 Å². The standard InChI is InChI=1S/C10H15N3OS/c1-2-7(1)10-9(3-4-14-10)11-5-8-6-15-13-12-8/h6-7,9-11H,1-5H2. The Morgan fingerprint density at radius 1 is 1.47 bits per heavy atom. The molecule has 1 aliphatic carbocycles. The predicted octanol–water partition coefficient (Wildman–Crippen LogP) is 1.20. The molecule has 1 N–H and O–H groups in total. The first-order chi connectivity index (χ1) is 7.43. The number of hydrogen-bond acceptors (Lipinski definition) is 5. The van der Waals surface area contributed by atoms with E-state index in [0.717, 1.165) is 31.2 Å². The van der Waals surface area contributed by atoms with Gasteiger partial charge in [-0.1, -0.05) is 4.49 Å². The number of aromatic nitrogens is 2. The topological polar surface area (TPSA) is 47.0 Å². The second-order valence-electron chi connectivity index (χ2n) is 4.35. The molecule has 3 rings (SSSR count). The predicted molar refractivity (Wildman–Crippen MR) is 57.6 cm³/mol. The first kappa shape index (κ1) is 9.69. The smallest absolute Gasteiger partial charge is 0.0893 e. The van der Waals surface area contributed by atoms with Crippen molar-refractivity contribution >= 4 is 11.5 Å². The highest BCUT2D eigenvalue weighted by Crippen LogP contribution is 2.38. The molecule has 1 saturated carbocycles. The van der Waals surface area contributed by atoms with Gasteiger partial charge >= 0.3 is 0 Å². The number of nitrogens with one attached hydrogen (secondary N) is 1. The van der Waals surface area contributed by atoms with Gasteiger partial charge in [0.05, 0.1) is 11.8 Å². The lowest BCUT2D eigenvalue weighted by Gasteiger charge is -2.18. The second-order valence-corrected chi connectivity index (χ2v) is 4.95. The Balaban J connectivity index is 1.53. The van der Waals surface area contributed by atoms with E-state index < -0.39 is 0 Å². The highest BCUT2D eigenvalue weighted by molar-refractivity contribution is 7.03. The molecule has 1 saturated heterocycles. The molecule has 4 nitrogen and oxygen atoms in total. The molecule has 0 radical (unpaired) electrons. The van der Waals surface area contributed by atoms with E-state index >= 15 is 0 Å². The SMILES string of the molecule is c1snnc1CNC1CCOC1C1CC1. The lowest BCUT2D eigenvalue weighted by atomic mass is 10.1. The molecule has 0 spiro atoms. The fourth-order valence-electron chi connectivity index (χ4n) is 2.22. The van der Waals surface area contributed by atoms with Crippen molar-refractivity contribution in [2.45, 2.75) is 38.0 Å². The van der Waals surface area contributed by atoms with Crippen LogP contribution >= 0.6 is 11.5 Å². The molecule has 2 fully saturated rings. The first-order valence-electron chi connectivity index (χ1n) is 5.54. The molecule has 2 atom stereocenters. The largest absolute Gasteiger partial charge is 0.376 e. The Morgan fingerprint density at radius 2 is 2.40 bits per heavy atom. The molecule has 82 valence electrons. The van der Waals surface area contributed by atoms with Crippen LogP contribution in [0.1, 0.15) is 25.0 Å². The van der Waals surface area contributed by atoms with Gasteiger partial charge in [-0.15, -0.1) is 5.10 Å².